The van der Waals surface area contributed by atoms with E-state index in [-0.39, 0.29) is 0 Å². The summed E-state index contributed by atoms with van der Waals surface area (Å²) in [6.45, 7) is 3.61. The highest BCUT2D eigenvalue weighted by Gasteiger charge is 2.17. The first-order chi connectivity index (χ1) is 6.33. The van der Waals surface area contributed by atoms with E-state index in [2.05, 4.69) is 12.2 Å². The summed E-state index contributed by atoms with van der Waals surface area (Å²) in [4.78, 5) is 0. The average molecular weight is 183 g/mol. The Hall–Kier alpha value is -0.0400. The second-order valence-electron chi connectivity index (χ2n) is 4.74. The van der Waals surface area contributed by atoms with Gasteiger partial charge in [0.2, 0.25) is 0 Å². The first-order valence-electron chi connectivity index (χ1n) is 5.97. The molecular weight excluding hydrogens is 158 g/mol. The van der Waals surface area contributed by atoms with Crippen LogP contribution in [0.5, 0.6) is 0 Å². The van der Waals surface area contributed by atoms with Crippen LogP contribution in [0.4, 0.5) is 0 Å². The molecule has 1 nitrogen and oxygen atoms in total. The molecule has 1 fully saturated rings. The fourth-order valence-corrected chi connectivity index (χ4v) is 2.56. The van der Waals surface area contributed by atoms with E-state index in [0.717, 1.165) is 11.8 Å². The van der Waals surface area contributed by atoms with E-state index >= 15 is 0 Å². The van der Waals surface area contributed by atoms with E-state index in [1.807, 2.05) is 7.05 Å². The van der Waals surface area contributed by atoms with E-state index in [9.17, 15) is 0 Å². The summed E-state index contributed by atoms with van der Waals surface area (Å²) in [6.07, 6.45) is 10.2. The Balaban J connectivity index is 2.00. The zero-order valence-electron chi connectivity index (χ0n) is 9.31. The Morgan fingerprint density at radius 2 is 2.08 bits per heavy atom. The number of unbranched alkanes of at least 4 members (excludes halogenated alkanes) is 1. The molecule has 1 aliphatic carbocycles. The summed E-state index contributed by atoms with van der Waals surface area (Å²) >= 11 is 0. The maximum atomic E-state index is 3.21. The zero-order chi connectivity index (χ0) is 9.52. The molecule has 1 saturated carbocycles. The Kier molecular flexibility index (Phi) is 5.45. The molecular formula is C12H25N. The smallest absolute Gasteiger partial charge is 0.00519 e. The van der Waals surface area contributed by atoms with Gasteiger partial charge in [0.05, 0.1) is 0 Å². The Labute approximate surface area is 83.3 Å². The minimum Gasteiger partial charge on any atom is -0.320 e. The molecule has 0 heterocycles. The predicted octanol–water partition coefficient (Wildman–Crippen LogP) is 3.20. The molecule has 1 N–H and O–H groups in total. The summed E-state index contributed by atoms with van der Waals surface area (Å²) < 4.78 is 0. The van der Waals surface area contributed by atoms with Gasteiger partial charge in [0, 0.05) is 0 Å². The van der Waals surface area contributed by atoms with E-state index in [4.69, 9.17) is 0 Å². The third-order valence-corrected chi connectivity index (χ3v) is 3.33. The van der Waals surface area contributed by atoms with Crippen molar-refractivity contribution in [3.05, 3.63) is 0 Å². The number of hydrogen-bond donors (Lipinski definition) is 1. The molecule has 1 rings (SSSR count). The van der Waals surface area contributed by atoms with Gasteiger partial charge in [-0.2, -0.15) is 0 Å². The van der Waals surface area contributed by atoms with E-state index in [0.29, 0.717) is 0 Å². The van der Waals surface area contributed by atoms with Crippen LogP contribution in [0.25, 0.3) is 0 Å². The molecule has 0 aromatic rings. The van der Waals surface area contributed by atoms with Gasteiger partial charge in [-0.3, -0.25) is 0 Å². The standard InChI is InChI=1S/C12H25N/c1-11-6-5-8-12(10-11)7-3-4-9-13-2/h11-13H,3-10H2,1-2H3. The zero-order valence-corrected chi connectivity index (χ0v) is 9.31. The highest BCUT2D eigenvalue weighted by atomic mass is 14.8. The molecule has 0 aromatic carbocycles. The summed E-state index contributed by atoms with van der Waals surface area (Å²) in [7, 11) is 2.04. The maximum absolute atomic E-state index is 3.21. The second-order valence-corrected chi connectivity index (χ2v) is 4.74. The lowest BCUT2D eigenvalue weighted by atomic mass is 9.80. The van der Waals surface area contributed by atoms with Crippen LogP contribution in [0.2, 0.25) is 0 Å². The van der Waals surface area contributed by atoms with Gasteiger partial charge in [-0.15, -0.1) is 0 Å². The van der Waals surface area contributed by atoms with Crippen molar-refractivity contribution in [3.63, 3.8) is 0 Å². The van der Waals surface area contributed by atoms with Crippen molar-refractivity contribution in [2.45, 2.75) is 51.9 Å². The van der Waals surface area contributed by atoms with E-state index in [1.165, 1.54) is 51.5 Å². The van der Waals surface area contributed by atoms with Crippen LogP contribution < -0.4 is 5.32 Å². The maximum Gasteiger partial charge on any atom is -0.00519 e. The molecule has 0 amide bonds. The predicted molar refractivity (Wildman–Crippen MR) is 58.9 cm³/mol. The van der Waals surface area contributed by atoms with Crippen LogP contribution in [-0.4, -0.2) is 13.6 Å². The second kappa shape index (κ2) is 6.42. The number of hydrogen-bond acceptors (Lipinski definition) is 1. The molecule has 1 aliphatic rings. The van der Waals surface area contributed by atoms with Crippen molar-refractivity contribution in [1.29, 1.82) is 0 Å². The highest BCUT2D eigenvalue weighted by molar-refractivity contribution is 4.70. The Morgan fingerprint density at radius 3 is 2.77 bits per heavy atom. The molecule has 78 valence electrons. The molecule has 0 bridgehead atoms. The monoisotopic (exact) mass is 183 g/mol. The van der Waals surface area contributed by atoms with E-state index in [1.54, 1.807) is 0 Å². The topological polar surface area (TPSA) is 12.0 Å². The first-order valence-corrected chi connectivity index (χ1v) is 5.97. The van der Waals surface area contributed by atoms with Gasteiger partial charge >= 0.3 is 0 Å². The summed E-state index contributed by atoms with van der Waals surface area (Å²) in [5, 5.41) is 3.21. The summed E-state index contributed by atoms with van der Waals surface area (Å²) in [5.41, 5.74) is 0. The van der Waals surface area contributed by atoms with Gasteiger partial charge in [-0.05, 0) is 38.3 Å². The van der Waals surface area contributed by atoms with Crippen molar-refractivity contribution in [3.8, 4) is 0 Å². The van der Waals surface area contributed by atoms with Gasteiger partial charge in [0.15, 0.2) is 0 Å². The normalized spacial score (nSPS) is 29.1. The lowest BCUT2D eigenvalue weighted by Crippen LogP contribution is -2.14. The van der Waals surface area contributed by atoms with Gasteiger partial charge in [0.1, 0.15) is 0 Å². The molecule has 2 unspecified atom stereocenters. The van der Waals surface area contributed by atoms with Gasteiger partial charge in [0.25, 0.3) is 0 Å². The Bertz CT molecular complexity index is 122. The minimum absolute atomic E-state index is 1.00. The molecule has 0 radical (unpaired) electrons. The largest absolute Gasteiger partial charge is 0.320 e. The van der Waals surface area contributed by atoms with Crippen molar-refractivity contribution >= 4 is 0 Å². The molecule has 0 aliphatic heterocycles. The molecule has 2 atom stereocenters. The van der Waals surface area contributed by atoms with Gasteiger partial charge in [-0.25, -0.2) is 0 Å². The minimum atomic E-state index is 1.00. The molecule has 0 aromatic heterocycles. The van der Waals surface area contributed by atoms with Crippen molar-refractivity contribution in [1.82, 2.24) is 5.32 Å². The van der Waals surface area contributed by atoms with Crippen LogP contribution >= 0.6 is 0 Å². The Morgan fingerprint density at radius 1 is 1.23 bits per heavy atom. The van der Waals surface area contributed by atoms with Crippen LogP contribution in [0.3, 0.4) is 0 Å². The van der Waals surface area contributed by atoms with E-state index < -0.39 is 0 Å². The highest BCUT2D eigenvalue weighted by Crippen LogP contribution is 2.31. The lowest BCUT2D eigenvalue weighted by molar-refractivity contribution is 0.264. The molecule has 13 heavy (non-hydrogen) atoms. The number of nitrogens with one attached hydrogen (secondary N) is 1. The quantitative estimate of drug-likeness (QED) is 0.645. The molecule has 0 saturated heterocycles. The summed E-state index contributed by atoms with van der Waals surface area (Å²) in [6, 6.07) is 0. The molecule has 0 spiro atoms. The first kappa shape index (κ1) is 11.0. The van der Waals surface area contributed by atoms with Crippen LogP contribution in [0, 0.1) is 11.8 Å². The average Bonchev–Trinajstić information content (AvgIpc) is 2.13. The van der Waals surface area contributed by atoms with Crippen molar-refractivity contribution in [2.24, 2.45) is 11.8 Å². The molecule has 1 heteroatoms. The third-order valence-electron chi connectivity index (χ3n) is 3.33. The lowest BCUT2D eigenvalue weighted by Gasteiger charge is -2.26. The van der Waals surface area contributed by atoms with Gasteiger partial charge < -0.3 is 5.32 Å². The third kappa shape index (κ3) is 4.66. The summed E-state index contributed by atoms with van der Waals surface area (Å²) in [5.74, 6) is 2.06. The van der Waals surface area contributed by atoms with Crippen LogP contribution in [-0.2, 0) is 0 Å². The number of rotatable bonds is 5. The van der Waals surface area contributed by atoms with Crippen molar-refractivity contribution in [2.75, 3.05) is 13.6 Å². The SMILES string of the molecule is CNCCCCC1CCCC(C)C1. The van der Waals surface area contributed by atoms with Crippen LogP contribution in [0.1, 0.15) is 51.9 Å². The van der Waals surface area contributed by atoms with Crippen LogP contribution in [0.15, 0.2) is 0 Å². The fourth-order valence-electron chi connectivity index (χ4n) is 2.56. The van der Waals surface area contributed by atoms with Gasteiger partial charge in [-0.1, -0.05) is 39.0 Å². The fraction of sp³-hybridized carbons (Fsp3) is 1.00. The van der Waals surface area contributed by atoms with Crippen molar-refractivity contribution < 1.29 is 0 Å².